The molecule has 0 radical (unpaired) electrons. The smallest absolute Gasteiger partial charge is 0.321 e. The first-order valence-electron chi connectivity index (χ1n) is 9.62. The molecule has 1 aliphatic rings. The number of piperidine rings is 1. The molecule has 1 atom stereocenters. The molecule has 2 aromatic carbocycles. The van der Waals surface area contributed by atoms with E-state index in [9.17, 15) is 9.59 Å². The second-order valence-corrected chi connectivity index (χ2v) is 7.79. The summed E-state index contributed by atoms with van der Waals surface area (Å²) in [4.78, 5) is 26.9. The highest BCUT2D eigenvalue weighted by Crippen LogP contribution is 2.27. The summed E-state index contributed by atoms with van der Waals surface area (Å²) < 4.78 is 0. The van der Waals surface area contributed by atoms with Crippen LogP contribution in [-0.2, 0) is 4.79 Å². The number of amides is 3. The highest BCUT2D eigenvalue weighted by molar-refractivity contribution is 6.30. The summed E-state index contributed by atoms with van der Waals surface area (Å²) in [7, 11) is 0. The number of para-hydroxylation sites is 1. The van der Waals surface area contributed by atoms with Gasteiger partial charge in [0.15, 0.2) is 0 Å². The third kappa shape index (κ3) is 5.04. The van der Waals surface area contributed by atoms with Gasteiger partial charge in [-0.3, -0.25) is 4.79 Å². The maximum absolute atomic E-state index is 12.7. The standard InChI is InChI=1S/C22H26ClN3O2/c1-15-14-18(23)8-9-20(15)25-21(27)16(2)17-10-12-26(13-11-17)22(28)24-19-6-4-3-5-7-19/h3-9,14,16-17H,10-13H2,1-2H3,(H,24,28)(H,25,27). The number of likely N-dealkylation sites (tertiary alicyclic amines) is 1. The Hall–Kier alpha value is -2.53. The van der Waals surface area contributed by atoms with Gasteiger partial charge < -0.3 is 15.5 Å². The summed E-state index contributed by atoms with van der Waals surface area (Å²) >= 11 is 5.98. The molecule has 1 aliphatic heterocycles. The molecule has 1 fully saturated rings. The van der Waals surface area contributed by atoms with Crippen molar-refractivity contribution in [1.29, 1.82) is 0 Å². The number of rotatable bonds is 4. The van der Waals surface area contributed by atoms with Crippen LogP contribution in [-0.4, -0.2) is 29.9 Å². The maximum atomic E-state index is 12.7. The van der Waals surface area contributed by atoms with Crippen LogP contribution in [0.2, 0.25) is 5.02 Å². The third-order valence-electron chi connectivity index (χ3n) is 5.42. The molecule has 0 bridgehead atoms. The van der Waals surface area contributed by atoms with Gasteiger partial charge >= 0.3 is 6.03 Å². The number of halogens is 1. The maximum Gasteiger partial charge on any atom is 0.321 e. The monoisotopic (exact) mass is 399 g/mol. The molecule has 1 saturated heterocycles. The lowest BCUT2D eigenvalue weighted by Crippen LogP contribution is -2.43. The molecule has 2 aromatic rings. The first-order chi connectivity index (χ1) is 13.4. The van der Waals surface area contributed by atoms with Gasteiger partial charge in [0.2, 0.25) is 5.91 Å². The molecule has 3 rings (SSSR count). The fraction of sp³-hybridized carbons (Fsp3) is 0.364. The molecule has 0 aromatic heterocycles. The van der Waals surface area contributed by atoms with Gasteiger partial charge in [0.05, 0.1) is 0 Å². The molecule has 6 heteroatoms. The van der Waals surface area contributed by atoms with Crippen molar-refractivity contribution in [2.24, 2.45) is 11.8 Å². The van der Waals surface area contributed by atoms with Crippen LogP contribution in [0, 0.1) is 18.8 Å². The number of anilines is 2. The number of nitrogens with one attached hydrogen (secondary N) is 2. The molecule has 0 spiro atoms. The minimum Gasteiger partial charge on any atom is -0.326 e. The van der Waals surface area contributed by atoms with Crippen LogP contribution in [0.25, 0.3) is 0 Å². The number of hydrogen-bond acceptors (Lipinski definition) is 2. The number of hydrogen-bond donors (Lipinski definition) is 2. The number of benzene rings is 2. The molecule has 0 saturated carbocycles. The van der Waals surface area contributed by atoms with Gasteiger partial charge in [-0.25, -0.2) is 4.79 Å². The van der Waals surface area contributed by atoms with E-state index in [2.05, 4.69) is 10.6 Å². The number of urea groups is 1. The fourth-order valence-electron chi connectivity index (χ4n) is 3.55. The molecule has 1 unspecified atom stereocenters. The Balaban J connectivity index is 1.51. The van der Waals surface area contributed by atoms with Crippen molar-refractivity contribution in [2.75, 3.05) is 23.7 Å². The second kappa shape index (κ2) is 9.11. The van der Waals surface area contributed by atoms with Crippen LogP contribution >= 0.6 is 11.6 Å². The van der Waals surface area contributed by atoms with Crippen molar-refractivity contribution in [2.45, 2.75) is 26.7 Å². The minimum atomic E-state index is -0.116. The van der Waals surface area contributed by atoms with Crippen molar-refractivity contribution in [3.05, 3.63) is 59.1 Å². The quantitative estimate of drug-likeness (QED) is 0.745. The van der Waals surface area contributed by atoms with Gasteiger partial charge in [-0.05, 0) is 61.6 Å². The predicted molar refractivity (Wildman–Crippen MR) is 114 cm³/mol. The zero-order chi connectivity index (χ0) is 20.1. The second-order valence-electron chi connectivity index (χ2n) is 7.36. The predicted octanol–water partition coefficient (Wildman–Crippen LogP) is 5.17. The number of aryl methyl sites for hydroxylation is 1. The Morgan fingerprint density at radius 1 is 1.07 bits per heavy atom. The molecule has 3 amide bonds. The van der Waals surface area contributed by atoms with Crippen molar-refractivity contribution in [3.63, 3.8) is 0 Å². The van der Waals surface area contributed by atoms with Crippen molar-refractivity contribution >= 4 is 34.9 Å². The van der Waals surface area contributed by atoms with E-state index in [1.54, 1.807) is 6.07 Å². The van der Waals surface area contributed by atoms with Gasteiger partial charge in [0, 0.05) is 35.4 Å². The van der Waals surface area contributed by atoms with E-state index in [-0.39, 0.29) is 23.8 Å². The molecule has 2 N–H and O–H groups in total. The molecule has 1 heterocycles. The fourth-order valence-corrected chi connectivity index (χ4v) is 3.78. The topological polar surface area (TPSA) is 61.4 Å². The molecular weight excluding hydrogens is 374 g/mol. The molecule has 0 aliphatic carbocycles. The van der Waals surface area contributed by atoms with Crippen LogP contribution in [0.4, 0.5) is 16.2 Å². The van der Waals surface area contributed by atoms with Crippen molar-refractivity contribution < 1.29 is 9.59 Å². The first-order valence-corrected chi connectivity index (χ1v) is 10.00. The Morgan fingerprint density at radius 3 is 2.39 bits per heavy atom. The number of nitrogens with zero attached hydrogens (tertiary/aromatic N) is 1. The van der Waals surface area contributed by atoms with Gasteiger partial charge in [-0.1, -0.05) is 36.7 Å². The van der Waals surface area contributed by atoms with Gasteiger partial charge in [-0.15, -0.1) is 0 Å². The largest absolute Gasteiger partial charge is 0.326 e. The van der Waals surface area contributed by atoms with E-state index in [0.717, 1.165) is 29.8 Å². The van der Waals surface area contributed by atoms with Crippen LogP contribution in [0.5, 0.6) is 0 Å². The summed E-state index contributed by atoms with van der Waals surface area (Å²) in [5.74, 6) is 0.153. The Morgan fingerprint density at radius 2 is 1.75 bits per heavy atom. The van der Waals surface area contributed by atoms with E-state index in [4.69, 9.17) is 11.6 Å². The minimum absolute atomic E-state index is 0.0117. The Kier molecular flexibility index (Phi) is 6.57. The molecule has 28 heavy (non-hydrogen) atoms. The third-order valence-corrected chi connectivity index (χ3v) is 5.65. The van der Waals surface area contributed by atoms with Gasteiger partial charge in [0.25, 0.3) is 0 Å². The number of carbonyl (C=O) groups is 2. The normalized spacial score (nSPS) is 15.8. The van der Waals surface area contributed by atoms with Crippen molar-refractivity contribution in [1.82, 2.24) is 4.90 Å². The van der Waals surface area contributed by atoms with E-state index < -0.39 is 0 Å². The van der Waals surface area contributed by atoms with Crippen LogP contribution in [0.15, 0.2) is 48.5 Å². The lowest BCUT2D eigenvalue weighted by atomic mass is 9.85. The van der Waals surface area contributed by atoms with Gasteiger partial charge in [0.1, 0.15) is 0 Å². The van der Waals surface area contributed by atoms with Crippen LogP contribution < -0.4 is 10.6 Å². The number of carbonyl (C=O) groups excluding carboxylic acids is 2. The van der Waals surface area contributed by atoms with E-state index in [1.807, 2.05) is 61.2 Å². The lowest BCUT2D eigenvalue weighted by Gasteiger charge is -2.34. The zero-order valence-corrected chi connectivity index (χ0v) is 17.0. The molecule has 5 nitrogen and oxygen atoms in total. The van der Waals surface area contributed by atoms with E-state index in [1.165, 1.54) is 0 Å². The van der Waals surface area contributed by atoms with Gasteiger partial charge in [-0.2, -0.15) is 0 Å². The molecule has 148 valence electrons. The van der Waals surface area contributed by atoms with Crippen molar-refractivity contribution in [3.8, 4) is 0 Å². The van der Waals surface area contributed by atoms with Crippen LogP contribution in [0.3, 0.4) is 0 Å². The summed E-state index contributed by atoms with van der Waals surface area (Å²) in [5, 5.41) is 6.59. The zero-order valence-electron chi connectivity index (χ0n) is 16.2. The summed E-state index contributed by atoms with van der Waals surface area (Å²) in [6, 6.07) is 14.8. The summed E-state index contributed by atoms with van der Waals surface area (Å²) in [6.45, 7) is 5.20. The van der Waals surface area contributed by atoms with E-state index in [0.29, 0.717) is 18.1 Å². The Bertz CT molecular complexity index is 833. The van der Waals surface area contributed by atoms with Crippen LogP contribution in [0.1, 0.15) is 25.3 Å². The SMILES string of the molecule is Cc1cc(Cl)ccc1NC(=O)C(C)C1CCN(C(=O)Nc2ccccc2)CC1. The summed E-state index contributed by atoms with van der Waals surface area (Å²) in [6.07, 6.45) is 1.63. The van der Waals surface area contributed by atoms with E-state index >= 15 is 0 Å². The molecular formula is C22H26ClN3O2. The highest BCUT2D eigenvalue weighted by atomic mass is 35.5. The lowest BCUT2D eigenvalue weighted by molar-refractivity contribution is -0.121. The first kappa shape index (κ1) is 20.2. The summed E-state index contributed by atoms with van der Waals surface area (Å²) in [5.41, 5.74) is 2.53. The Labute approximate surface area is 171 Å². The average molecular weight is 400 g/mol. The average Bonchev–Trinajstić information content (AvgIpc) is 2.70. The highest BCUT2D eigenvalue weighted by Gasteiger charge is 2.30.